The summed E-state index contributed by atoms with van der Waals surface area (Å²) in [6, 6.07) is 27.5. The Kier molecular flexibility index (Phi) is 7.36. The van der Waals surface area contributed by atoms with Crippen LogP contribution in [-0.2, 0) is 27.8 Å². The summed E-state index contributed by atoms with van der Waals surface area (Å²) in [5.74, 6) is 0.728. The van der Waals surface area contributed by atoms with Crippen molar-refractivity contribution >= 4 is 5.97 Å². The molecule has 1 aliphatic rings. The largest absolute Gasteiger partial charge is 0.466 e. The standard InChI is InChI=1S/C33H33NO3/c1-3-36-31(35)23-33(21-22-33)29-19-17-27(18-20-29)26-13-15-28(16-14-26)32-30(24(2)34-37-32)12-8-7-11-25-9-5-4-6-10-25/h4-10,13-20H,3,11-12,21-23H2,1-2H3. The first-order chi connectivity index (χ1) is 18.1. The second kappa shape index (κ2) is 11.0. The average molecular weight is 492 g/mol. The maximum atomic E-state index is 12.0. The summed E-state index contributed by atoms with van der Waals surface area (Å²) in [7, 11) is 0. The fourth-order valence-electron chi connectivity index (χ4n) is 4.93. The summed E-state index contributed by atoms with van der Waals surface area (Å²) in [5, 5.41) is 4.24. The second-order valence-electron chi connectivity index (χ2n) is 9.86. The van der Waals surface area contributed by atoms with Crippen LogP contribution in [0.4, 0.5) is 0 Å². The Morgan fingerprint density at radius 2 is 1.51 bits per heavy atom. The smallest absolute Gasteiger partial charge is 0.306 e. The average Bonchev–Trinajstić information content (AvgIpc) is 3.62. The van der Waals surface area contributed by atoms with Gasteiger partial charge in [0, 0.05) is 16.5 Å². The third-order valence-corrected chi connectivity index (χ3v) is 7.29. The number of ether oxygens (including phenoxy) is 1. The normalized spacial score (nSPS) is 14.1. The van der Waals surface area contributed by atoms with Gasteiger partial charge in [-0.15, -0.1) is 0 Å². The first-order valence-corrected chi connectivity index (χ1v) is 13.1. The van der Waals surface area contributed by atoms with Crippen molar-refractivity contribution in [3.8, 4) is 22.5 Å². The van der Waals surface area contributed by atoms with E-state index in [-0.39, 0.29) is 11.4 Å². The minimum atomic E-state index is -0.103. The van der Waals surface area contributed by atoms with Crippen molar-refractivity contribution in [3.05, 3.63) is 113 Å². The summed E-state index contributed by atoms with van der Waals surface area (Å²) in [6.07, 6.45) is 8.65. The van der Waals surface area contributed by atoms with Crippen LogP contribution >= 0.6 is 0 Å². The molecule has 1 heterocycles. The predicted molar refractivity (Wildman–Crippen MR) is 147 cm³/mol. The number of hydrogen-bond acceptors (Lipinski definition) is 4. The van der Waals surface area contributed by atoms with Crippen LogP contribution in [0.2, 0.25) is 0 Å². The Hall–Kier alpha value is -3.92. The minimum absolute atomic E-state index is 0.0370. The molecule has 0 atom stereocenters. The van der Waals surface area contributed by atoms with E-state index < -0.39 is 0 Å². The lowest BCUT2D eigenvalue weighted by Gasteiger charge is -2.15. The highest BCUT2D eigenvalue weighted by Gasteiger charge is 2.46. The predicted octanol–water partition coefficient (Wildman–Crippen LogP) is 7.64. The van der Waals surface area contributed by atoms with E-state index in [0.29, 0.717) is 13.0 Å². The van der Waals surface area contributed by atoms with Crippen molar-refractivity contribution in [2.45, 2.75) is 51.4 Å². The molecule has 3 aromatic carbocycles. The molecule has 0 spiro atoms. The van der Waals surface area contributed by atoms with Crippen LogP contribution in [0.1, 0.15) is 48.6 Å². The number of aryl methyl sites for hydroxylation is 1. The summed E-state index contributed by atoms with van der Waals surface area (Å²) in [5.41, 5.74) is 7.86. The maximum absolute atomic E-state index is 12.0. The van der Waals surface area contributed by atoms with Crippen molar-refractivity contribution < 1.29 is 14.1 Å². The number of esters is 1. The molecular weight excluding hydrogens is 458 g/mol. The van der Waals surface area contributed by atoms with Gasteiger partial charge in [0.1, 0.15) is 0 Å². The molecule has 1 fully saturated rings. The highest BCUT2D eigenvalue weighted by atomic mass is 16.5. The van der Waals surface area contributed by atoms with Gasteiger partial charge in [0.2, 0.25) is 0 Å². The van der Waals surface area contributed by atoms with Crippen molar-refractivity contribution in [2.75, 3.05) is 6.61 Å². The van der Waals surface area contributed by atoms with E-state index in [1.54, 1.807) is 0 Å². The van der Waals surface area contributed by atoms with Gasteiger partial charge in [-0.25, -0.2) is 0 Å². The van der Waals surface area contributed by atoms with Gasteiger partial charge in [-0.2, -0.15) is 0 Å². The van der Waals surface area contributed by atoms with E-state index in [2.05, 4.69) is 90.1 Å². The molecule has 0 aliphatic heterocycles. The quantitative estimate of drug-likeness (QED) is 0.169. The first-order valence-electron chi connectivity index (χ1n) is 13.1. The van der Waals surface area contributed by atoms with Gasteiger partial charge >= 0.3 is 5.97 Å². The second-order valence-corrected chi connectivity index (χ2v) is 9.86. The number of carbonyl (C=O) groups is 1. The Morgan fingerprint density at radius 3 is 2.16 bits per heavy atom. The zero-order chi connectivity index (χ0) is 25.7. The lowest BCUT2D eigenvalue weighted by atomic mass is 9.90. The molecule has 4 nitrogen and oxygen atoms in total. The molecule has 0 bridgehead atoms. The molecule has 0 amide bonds. The number of aromatic nitrogens is 1. The molecule has 4 aromatic rings. The summed E-state index contributed by atoms with van der Waals surface area (Å²) in [4.78, 5) is 12.0. The lowest BCUT2D eigenvalue weighted by Crippen LogP contribution is -2.15. The summed E-state index contributed by atoms with van der Waals surface area (Å²) >= 11 is 0. The molecule has 0 radical (unpaired) electrons. The molecular formula is C33H33NO3. The Morgan fingerprint density at radius 1 is 0.892 bits per heavy atom. The third-order valence-electron chi connectivity index (χ3n) is 7.29. The number of rotatable bonds is 10. The van der Waals surface area contributed by atoms with E-state index in [0.717, 1.165) is 59.4 Å². The molecule has 0 saturated heterocycles. The fraction of sp³-hybridized carbons (Fsp3) is 0.273. The van der Waals surface area contributed by atoms with Gasteiger partial charge < -0.3 is 9.26 Å². The summed E-state index contributed by atoms with van der Waals surface area (Å²) in [6.45, 7) is 4.29. The highest BCUT2D eigenvalue weighted by Crippen LogP contribution is 2.51. The molecule has 4 heteroatoms. The van der Waals surface area contributed by atoms with Crippen LogP contribution in [0.3, 0.4) is 0 Å². The molecule has 0 unspecified atom stereocenters. The van der Waals surface area contributed by atoms with E-state index in [4.69, 9.17) is 9.26 Å². The van der Waals surface area contributed by atoms with Crippen LogP contribution in [0.25, 0.3) is 22.5 Å². The van der Waals surface area contributed by atoms with E-state index >= 15 is 0 Å². The zero-order valence-corrected chi connectivity index (χ0v) is 21.6. The fourth-order valence-corrected chi connectivity index (χ4v) is 4.93. The molecule has 1 aliphatic carbocycles. The molecule has 37 heavy (non-hydrogen) atoms. The van der Waals surface area contributed by atoms with E-state index in [1.807, 2.05) is 19.9 Å². The van der Waals surface area contributed by atoms with Crippen LogP contribution in [0.15, 0.2) is 95.5 Å². The zero-order valence-electron chi connectivity index (χ0n) is 21.6. The molecule has 188 valence electrons. The minimum Gasteiger partial charge on any atom is -0.466 e. The van der Waals surface area contributed by atoms with Crippen LogP contribution in [0, 0.1) is 6.92 Å². The molecule has 1 aromatic heterocycles. The van der Waals surface area contributed by atoms with Crippen LogP contribution < -0.4 is 0 Å². The topological polar surface area (TPSA) is 52.3 Å². The monoisotopic (exact) mass is 491 g/mol. The Bertz CT molecular complexity index is 1360. The third kappa shape index (κ3) is 5.75. The van der Waals surface area contributed by atoms with Gasteiger partial charge in [-0.1, -0.05) is 96.2 Å². The van der Waals surface area contributed by atoms with Gasteiger partial charge in [0.25, 0.3) is 0 Å². The molecule has 1 saturated carbocycles. The Balaban J connectivity index is 1.26. The van der Waals surface area contributed by atoms with Crippen molar-refractivity contribution in [1.82, 2.24) is 5.16 Å². The van der Waals surface area contributed by atoms with Crippen molar-refractivity contribution in [2.24, 2.45) is 0 Å². The lowest BCUT2D eigenvalue weighted by molar-refractivity contribution is -0.143. The van der Waals surface area contributed by atoms with Gasteiger partial charge in [-0.3, -0.25) is 4.79 Å². The van der Waals surface area contributed by atoms with Crippen LogP contribution in [0.5, 0.6) is 0 Å². The molecule has 5 rings (SSSR count). The van der Waals surface area contributed by atoms with Crippen molar-refractivity contribution in [3.63, 3.8) is 0 Å². The first kappa shape index (κ1) is 24.8. The summed E-state index contributed by atoms with van der Waals surface area (Å²) < 4.78 is 10.9. The van der Waals surface area contributed by atoms with Crippen molar-refractivity contribution in [1.29, 1.82) is 0 Å². The number of hydrogen-bond donors (Lipinski definition) is 0. The molecule has 0 N–H and O–H groups in total. The van der Waals surface area contributed by atoms with Gasteiger partial charge in [0.15, 0.2) is 5.76 Å². The van der Waals surface area contributed by atoms with Gasteiger partial charge in [-0.05, 0) is 61.8 Å². The van der Waals surface area contributed by atoms with Crippen LogP contribution in [-0.4, -0.2) is 17.7 Å². The van der Waals surface area contributed by atoms with Gasteiger partial charge in [0.05, 0.1) is 18.7 Å². The SMILES string of the molecule is CCOC(=O)CC1(c2ccc(-c3ccc(-c4onc(C)c4CC=CCc4ccccc4)cc3)cc2)CC1. The number of benzene rings is 3. The highest BCUT2D eigenvalue weighted by molar-refractivity contribution is 5.73. The number of carbonyl (C=O) groups excluding carboxylic acids is 1. The Labute approximate surface area is 219 Å². The number of nitrogens with zero attached hydrogens (tertiary/aromatic N) is 1. The van der Waals surface area contributed by atoms with E-state index in [9.17, 15) is 4.79 Å². The van der Waals surface area contributed by atoms with E-state index in [1.165, 1.54) is 11.1 Å². The maximum Gasteiger partial charge on any atom is 0.306 e. The number of allylic oxidation sites excluding steroid dienone is 2.